The first kappa shape index (κ1) is 14.3. The summed E-state index contributed by atoms with van der Waals surface area (Å²) in [6, 6.07) is 28.5. The van der Waals surface area contributed by atoms with Gasteiger partial charge in [-0.25, -0.2) is 0 Å². The van der Waals surface area contributed by atoms with Crippen LogP contribution in [0.5, 0.6) is 0 Å². The maximum Gasteiger partial charge on any atom is 0.0576 e. The average Bonchev–Trinajstić information content (AvgIpc) is 2.96. The fourth-order valence-electron chi connectivity index (χ4n) is 3.96. The van der Waals surface area contributed by atoms with Gasteiger partial charge in [0.15, 0.2) is 0 Å². The van der Waals surface area contributed by atoms with Crippen LogP contribution in [0.1, 0.15) is 11.1 Å². The van der Waals surface area contributed by atoms with Gasteiger partial charge >= 0.3 is 0 Å². The molecule has 0 aliphatic carbocycles. The number of nitrogens with zero attached hydrogens (tertiary/aromatic N) is 1. The van der Waals surface area contributed by atoms with E-state index in [4.69, 9.17) is 0 Å². The molecule has 0 saturated carbocycles. The Labute approximate surface area is 147 Å². The molecule has 0 unspecified atom stereocenters. The molecule has 0 fully saturated rings. The van der Waals surface area contributed by atoms with Gasteiger partial charge in [0, 0.05) is 10.8 Å². The van der Waals surface area contributed by atoms with Crippen LogP contribution >= 0.6 is 0 Å². The molecule has 0 atom stereocenters. The standard InChI is InChI=1S/C24H19N/c1-16-11-13-18(14-12-16)23-15-19-7-3-4-9-21(19)24-17(2)20-8-5-6-10-22(20)25(23)24/h3-15H,1-2H3. The van der Waals surface area contributed by atoms with Gasteiger partial charge in [0.25, 0.3) is 0 Å². The monoisotopic (exact) mass is 321 g/mol. The molecule has 2 aromatic heterocycles. The second kappa shape index (κ2) is 5.22. The fourth-order valence-corrected chi connectivity index (χ4v) is 3.96. The van der Waals surface area contributed by atoms with Gasteiger partial charge in [-0.2, -0.15) is 0 Å². The molecule has 0 aliphatic heterocycles. The van der Waals surface area contributed by atoms with Crippen LogP contribution in [0.25, 0.3) is 38.4 Å². The zero-order chi connectivity index (χ0) is 17.0. The van der Waals surface area contributed by atoms with E-state index >= 15 is 0 Å². The van der Waals surface area contributed by atoms with E-state index in [9.17, 15) is 0 Å². The summed E-state index contributed by atoms with van der Waals surface area (Å²) in [7, 11) is 0. The van der Waals surface area contributed by atoms with Gasteiger partial charge in [-0.3, -0.25) is 0 Å². The van der Waals surface area contributed by atoms with E-state index in [1.807, 2.05) is 0 Å². The number of aryl methyl sites for hydroxylation is 2. The highest BCUT2D eigenvalue weighted by molar-refractivity contribution is 6.07. The quantitative estimate of drug-likeness (QED) is 0.330. The number of benzene rings is 3. The molecular formula is C24H19N. The van der Waals surface area contributed by atoms with Crippen LogP contribution in [0, 0.1) is 13.8 Å². The normalized spacial score (nSPS) is 11.6. The molecular weight excluding hydrogens is 302 g/mol. The highest BCUT2D eigenvalue weighted by Gasteiger charge is 2.15. The molecule has 0 radical (unpaired) electrons. The van der Waals surface area contributed by atoms with Crippen molar-refractivity contribution in [2.75, 3.05) is 0 Å². The topological polar surface area (TPSA) is 4.41 Å². The highest BCUT2D eigenvalue weighted by Crippen LogP contribution is 2.36. The first-order chi connectivity index (χ1) is 12.2. The van der Waals surface area contributed by atoms with Crippen molar-refractivity contribution in [3.8, 4) is 11.3 Å². The lowest BCUT2D eigenvalue weighted by Crippen LogP contribution is -1.94. The van der Waals surface area contributed by atoms with Crippen molar-refractivity contribution >= 4 is 27.2 Å². The van der Waals surface area contributed by atoms with Crippen molar-refractivity contribution in [3.63, 3.8) is 0 Å². The Bertz CT molecular complexity index is 1240. The average molecular weight is 321 g/mol. The first-order valence-corrected chi connectivity index (χ1v) is 8.72. The Morgan fingerprint density at radius 3 is 2.16 bits per heavy atom. The molecule has 0 saturated heterocycles. The van der Waals surface area contributed by atoms with Gasteiger partial charge in [-0.1, -0.05) is 72.3 Å². The van der Waals surface area contributed by atoms with Crippen LogP contribution in [-0.2, 0) is 0 Å². The Hall–Kier alpha value is -3.06. The Balaban J connectivity index is 2.06. The van der Waals surface area contributed by atoms with Gasteiger partial charge in [-0.05, 0) is 42.5 Å². The molecule has 1 heteroatoms. The van der Waals surface area contributed by atoms with Gasteiger partial charge in [0.1, 0.15) is 0 Å². The molecule has 3 aromatic carbocycles. The summed E-state index contributed by atoms with van der Waals surface area (Å²) in [4.78, 5) is 0. The van der Waals surface area contributed by atoms with Crippen LogP contribution < -0.4 is 0 Å². The molecule has 0 N–H and O–H groups in total. The van der Waals surface area contributed by atoms with E-state index in [0.29, 0.717) is 0 Å². The van der Waals surface area contributed by atoms with Crippen LogP contribution in [-0.4, -0.2) is 4.40 Å². The minimum absolute atomic E-state index is 1.25. The van der Waals surface area contributed by atoms with E-state index in [0.717, 1.165) is 0 Å². The summed E-state index contributed by atoms with van der Waals surface area (Å²) in [6.07, 6.45) is 0. The van der Waals surface area contributed by atoms with Gasteiger partial charge in [-0.15, -0.1) is 0 Å². The second-order valence-corrected chi connectivity index (χ2v) is 6.81. The van der Waals surface area contributed by atoms with Crippen molar-refractivity contribution in [3.05, 3.63) is 90.0 Å². The van der Waals surface area contributed by atoms with Crippen molar-refractivity contribution < 1.29 is 0 Å². The smallest absolute Gasteiger partial charge is 0.0576 e. The van der Waals surface area contributed by atoms with E-state index < -0.39 is 0 Å². The van der Waals surface area contributed by atoms with Crippen LogP contribution in [0.3, 0.4) is 0 Å². The lowest BCUT2D eigenvalue weighted by Gasteiger charge is -2.12. The molecule has 25 heavy (non-hydrogen) atoms. The molecule has 2 heterocycles. The zero-order valence-corrected chi connectivity index (χ0v) is 14.5. The second-order valence-electron chi connectivity index (χ2n) is 6.81. The Kier molecular flexibility index (Phi) is 2.98. The lowest BCUT2D eigenvalue weighted by atomic mass is 10.0. The number of hydrogen-bond acceptors (Lipinski definition) is 0. The minimum Gasteiger partial charge on any atom is -0.308 e. The van der Waals surface area contributed by atoms with E-state index in [-0.39, 0.29) is 0 Å². The molecule has 5 aromatic rings. The molecule has 0 amide bonds. The molecule has 1 nitrogen and oxygen atoms in total. The minimum atomic E-state index is 1.25. The Morgan fingerprint density at radius 2 is 1.36 bits per heavy atom. The van der Waals surface area contributed by atoms with Crippen LogP contribution in [0.4, 0.5) is 0 Å². The SMILES string of the molecule is Cc1ccc(-c2cc3ccccc3c3c(C)c4ccccc4n23)cc1. The number of rotatable bonds is 1. The van der Waals surface area contributed by atoms with E-state index in [2.05, 4.69) is 97.1 Å². The van der Waals surface area contributed by atoms with E-state index in [1.165, 1.54) is 49.6 Å². The van der Waals surface area contributed by atoms with Crippen LogP contribution in [0.2, 0.25) is 0 Å². The summed E-state index contributed by atoms with van der Waals surface area (Å²) < 4.78 is 2.43. The maximum atomic E-state index is 2.43. The number of pyridine rings is 1. The third-order valence-corrected chi connectivity index (χ3v) is 5.22. The number of para-hydroxylation sites is 1. The van der Waals surface area contributed by atoms with Crippen molar-refractivity contribution in [1.82, 2.24) is 4.40 Å². The zero-order valence-electron chi connectivity index (χ0n) is 14.5. The molecule has 120 valence electrons. The first-order valence-electron chi connectivity index (χ1n) is 8.72. The number of hydrogen-bond donors (Lipinski definition) is 0. The molecule has 0 spiro atoms. The molecule has 5 rings (SSSR count). The van der Waals surface area contributed by atoms with Crippen molar-refractivity contribution in [2.24, 2.45) is 0 Å². The fraction of sp³-hybridized carbons (Fsp3) is 0.0833. The highest BCUT2D eigenvalue weighted by atomic mass is 14.9. The molecule has 0 bridgehead atoms. The third kappa shape index (κ3) is 2.02. The number of fused-ring (bicyclic) bond motifs is 5. The third-order valence-electron chi connectivity index (χ3n) is 5.22. The van der Waals surface area contributed by atoms with Gasteiger partial charge in [0.05, 0.1) is 16.7 Å². The van der Waals surface area contributed by atoms with Crippen LogP contribution in [0.15, 0.2) is 78.9 Å². The van der Waals surface area contributed by atoms with Crippen molar-refractivity contribution in [1.29, 1.82) is 0 Å². The summed E-state index contributed by atoms with van der Waals surface area (Å²) in [6.45, 7) is 4.37. The summed E-state index contributed by atoms with van der Waals surface area (Å²) in [5, 5.41) is 3.93. The van der Waals surface area contributed by atoms with Gasteiger partial charge in [0.2, 0.25) is 0 Å². The largest absolute Gasteiger partial charge is 0.308 e. The Morgan fingerprint density at radius 1 is 0.680 bits per heavy atom. The summed E-state index contributed by atoms with van der Waals surface area (Å²) in [5.74, 6) is 0. The lowest BCUT2D eigenvalue weighted by molar-refractivity contribution is 1.26. The van der Waals surface area contributed by atoms with Crippen molar-refractivity contribution in [2.45, 2.75) is 13.8 Å². The summed E-state index contributed by atoms with van der Waals surface area (Å²) in [5.41, 5.74) is 7.72. The van der Waals surface area contributed by atoms with Gasteiger partial charge < -0.3 is 4.40 Å². The summed E-state index contributed by atoms with van der Waals surface area (Å²) >= 11 is 0. The molecule has 0 aliphatic rings. The van der Waals surface area contributed by atoms with E-state index in [1.54, 1.807) is 0 Å². The predicted molar refractivity (Wildman–Crippen MR) is 107 cm³/mol. The maximum absolute atomic E-state index is 2.43. The number of aromatic nitrogens is 1. The predicted octanol–water partition coefficient (Wildman–Crippen LogP) is 6.53.